The number of aliphatic hydroxyl groups is 1. The lowest BCUT2D eigenvalue weighted by Crippen LogP contribution is -2.15. The molecule has 0 aromatic carbocycles. The fraction of sp³-hybridized carbons (Fsp3) is 0.667. The number of hydrogen-bond acceptors (Lipinski definition) is 7. The van der Waals surface area contributed by atoms with E-state index in [4.69, 9.17) is 15.7 Å². The maximum atomic E-state index is 8.58. The Kier molecular flexibility index (Phi) is 7.09. The molecule has 1 heterocycles. The highest BCUT2D eigenvalue weighted by atomic mass is 16.5. The van der Waals surface area contributed by atoms with Crippen LogP contribution in [0.2, 0.25) is 0 Å². The van der Waals surface area contributed by atoms with E-state index in [1.54, 1.807) is 0 Å². The second-order valence-corrected chi connectivity index (χ2v) is 4.08. The topological polar surface area (TPSA) is 105 Å². The molecule has 0 bridgehead atoms. The second-order valence-electron chi connectivity index (χ2n) is 4.08. The Bertz CT molecular complexity index is 387. The van der Waals surface area contributed by atoms with E-state index in [0.717, 1.165) is 36.6 Å². The van der Waals surface area contributed by atoms with Crippen molar-refractivity contribution in [3.8, 4) is 0 Å². The SMILES string of the molecule is CCc1nc(NN)c(C)c(NCCCOCCO)n1. The number of nitrogens with two attached hydrogens (primary N) is 1. The van der Waals surface area contributed by atoms with Gasteiger partial charge in [-0.2, -0.15) is 0 Å². The summed E-state index contributed by atoms with van der Waals surface area (Å²) in [4.78, 5) is 8.73. The molecule has 1 rings (SSSR count). The minimum absolute atomic E-state index is 0.0594. The van der Waals surface area contributed by atoms with Crippen molar-refractivity contribution >= 4 is 11.6 Å². The summed E-state index contributed by atoms with van der Waals surface area (Å²) in [6.45, 7) is 5.71. The van der Waals surface area contributed by atoms with Crippen LogP contribution in [-0.4, -0.2) is 41.4 Å². The highest BCUT2D eigenvalue weighted by Crippen LogP contribution is 2.19. The van der Waals surface area contributed by atoms with E-state index in [-0.39, 0.29) is 6.61 Å². The molecule has 19 heavy (non-hydrogen) atoms. The van der Waals surface area contributed by atoms with Gasteiger partial charge in [0.2, 0.25) is 0 Å². The molecule has 0 fully saturated rings. The van der Waals surface area contributed by atoms with Gasteiger partial charge in [0.15, 0.2) is 0 Å². The van der Waals surface area contributed by atoms with Crippen LogP contribution < -0.4 is 16.6 Å². The van der Waals surface area contributed by atoms with Gasteiger partial charge in [0.1, 0.15) is 17.5 Å². The third kappa shape index (κ3) is 4.98. The molecule has 0 amide bonds. The monoisotopic (exact) mass is 269 g/mol. The average molecular weight is 269 g/mol. The van der Waals surface area contributed by atoms with E-state index in [2.05, 4.69) is 20.7 Å². The molecule has 7 nitrogen and oxygen atoms in total. The van der Waals surface area contributed by atoms with E-state index in [0.29, 0.717) is 19.0 Å². The molecule has 0 saturated heterocycles. The number of hydrogen-bond donors (Lipinski definition) is 4. The van der Waals surface area contributed by atoms with E-state index in [9.17, 15) is 0 Å². The average Bonchev–Trinajstić information content (AvgIpc) is 2.44. The Morgan fingerprint density at radius 3 is 2.63 bits per heavy atom. The summed E-state index contributed by atoms with van der Waals surface area (Å²) in [7, 11) is 0. The van der Waals surface area contributed by atoms with Gasteiger partial charge < -0.3 is 20.6 Å². The number of anilines is 2. The standard InChI is InChI=1S/C12H23N5O2/c1-3-10-15-11(9(2)12(16-10)17-13)14-5-4-7-19-8-6-18/h18H,3-8,13H2,1-2H3,(H2,14,15,16,17). The van der Waals surface area contributed by atoms with Crippen molar-refractivity contribution in [2.24, 2.45) is 5.84 Å². The summed E-state index contributed by atoms with van der Waals surface area (Å²) >= 11 is 0. The highest BCUT2D eigenvalue weighted by Gasteiger charge is 2.08. The number of nitrogen functional groups attached to an aromatic ring is 1. The van der Waals surface area contributed by atoms with Crippen molar-refractivity contribution < 1.29 is 9.84 Å². The summed E-state index contributed by atoms with van der Waals surface area (Å²) in [5.41, 5.74) is 3.48. The van der Waals surface area contributed by atoms with Crippen LogP contribution in [0.4, 0.5) is 11.6 Å². The van der Waals surface area contributed by atoms with Crippen molar-refractivity contribution in [2.45, 2.75) is 26.7 Å². The molecule has 0 unspecified atom stereocenters. The van der Waals surface area contributed by atoms with Crippen molar-refractivity contribution in [3.05, 3.63) is 11.4 Å². The zero-order valence-electron chi connectivity index (χ0n) is 11.6. The molecule has 0 aliphatic heterocycles. The molecule has 0 spiro atoms. The first-order valence-electron chi connectivity index (χ1n) is 6.49. The smallest absolute Gasteiger partial charge is 0.148 e. The summed E-state index contributed by atoms with van der Waals surface area (Å²) in [6.07, 6.45) is 1.60. The van der Waals surface area contributed by atoms with Crippen molar-refractivity contribution in [3.63, 3.8) is 0 Å². The highest BCUT2D eigenvalue weighted by molar-refractivity contribution is 5.56. The van der Waals surface area contributed by atoms with Gasteiger partial charge in [-0.15, -0.1) is 0 Å². The minimum atomic E-state index is 0.0594. The van der Waals surface area contributed by atoms with Crippen LogP contribution in [0.3, 0.4) is 0 Å². The van der Waals surface area contributed by atoms with Gasteiger partial charge in [-0.1, -0.05) is 6.92 Å². The number of nitrogens with zero attached hydrogens (tertiary/aromatic N) is 2. The molecule has 0 aliphatic rings. The van der Waals surface area contributed by atoms with Crippen molar-refractivity contribution in [1.29, 1.82) is 0 Å². The summed E-state index contributed by atoms with van der Waals surface area (Å²) in [5.74, 6) is 7.63. The van der Waals surface area contributed by atoms with Gasteiger partial charge in [0.25, 0.3) is 0 Å². The number of hydrazine groups is 1. The lowest BCUT2D eigenvalue weighted by atomic mass is 10.3. The molecule has 0 aliphatic carbocycles. The Morgan fingerprint density at radius 2 is 2.00 bits per heavy atom. The summed E-state index contributed by atoms with van der Waals surface area (Å²) in [6, 6.07) is 0. The Balaban J connectivity index is 2.52. The lowest BCUT2D eigenvalue weighted by molar-refractivity contribution is 0.0922. The van der Waals surface area contributed by atoms with E-state index in [1.807, 2.05) is 13.8 Å². The quantitative estimate of drug-likeness (QED) is 0.293. The van der Waals surface area contributed by atoms with Crippen molar-refractivity contribution in [1.82, 2.24) is 9.97 Å². The van der Waals surface area contributed by atoms with Crippen LogP contribution in [0.15, 0.2) is 0 Å². The largest absolute Gasteiger partial charge is 0.394 e. The molecular formula is C12H23N5O2. The second kappa shape index (κ2) is 8.63. The van der Waals surface area contributed by atoms with Crippen LogP contribution >= 0.6 is 0 Å². The fourth-order valence-corrected chi connectivity index (χ4v) is 1.58. The lowest BCUT2D eigenvalue weighted by Gasteiger charge is -2.13. The van der Waals surface area contributed by atoms with Gasteiger partial charge in [-0.25, -0.2) is 15.8 Å². The molecular weight excluding hydrogens is 246 g/mol. The third-order valence-corrected chi connectivity index (χ3v) is 2.64. The van der Waals surface area contributed by atoms with Crippen LogP contribution in [0, 0.1) is 6.92 Å². The number of ether oxygens (including phenoxy) is 1. The van der Waals surface area contributed by atoms with E-state index >= 15 is 0 Å². The van der Waals surface area contributed by atoms with Crippen molar-refractivity contribution in [2.75, 3.05) is 37.1 Å². The Labute approximate surface area is 113 Å². The van der Waals surface area contributed by atoms with Gasteiger partial charge >= 0.3 is 0 Å². The van der Waals surface area contributed by atoms with E-state index in [1.165, 1.54) is 0 Å². The predicted octanol–water partition coefficient (Wildman–Crippen LogP) is 0.444. The number of aryl methyl sites for hydroxylation is 1. The molecule has 5 N–H and O–H groups in total. The van der Waals surface area contributed by atoms with Gasteiger partial charge in [-0.05, 0) is 13.3 Å². The normalized spacial score (nSPS) is 10.5. The molecule has 0 atom stereocenters. The van der Waals surface area contributed by atoms with E-state index < -0.39 is 0 Å². The zero-order valence-corrected chi connectivity index (χ0v) is 11.6. The fourth-order valence-electron chi connectivity index (χ4n) is 1.58. The third-order valence-electron chi connectivity index (χ3n) is 2.64. The molecule has 108 valence electrons. The maximum absolute atomic E-state index is 8.58. The zero-order chi connectivity index (χ0) is 14.1. The number of rotatable bonds is 9. The van der Waals surface area contributed by atoms with Gasteiger partial charge in [0, 0.05) is 25.1 Å². The van der Waals surface area contributed by atoms with Crippen LogP contribution in [-0.2, 0) is 11.2 Å². The Hall–Kier alpha value is -1.44. The summed E-state index contributed by atoms with van der Waals surface area (Å²) in [5, 5.41) is 11.8. The molecule has 0 radical (unpaired) electrons. The van der Waals surface area contributed by atoms with Gasteiger partial charge in [0.05, 0.1) is 13.2 Å². The van der Waals surface area contributed by atoms with Gasteiger partial charge in [-0.3, -0.25) is 0 Å². The number of aliphatic hydroxyl groups excluding tert-OH is 1. The van der Waals surface area contributed by atoms with Crippen LogP contribution in [0.1, 0.15) is 24.7 Å². The molecule has 0 saturated carbocycles. The first-order valence-corrected chi connectivity index (χ1v) is 6.49. The first kappa shape index (κ1) is 15.6. The number of nitrogens with one attached hydrogen (secondary N) is 2. The minimum Gasteiger partial charge on any atom is -0.394 e. The Morgan fingerprint density at radius 1 is 1.26 bits per heavy atom. The summed E-state index contributed by atoms with van der Waals surface area (Å²) < 4.78 is 5.19. The predicted molar refractivity (Wildman–Crippen MR) is 75.0 cm³/mol. The molecule has 1 aromatic rings. The first-order chi connectivity index (χ1) is 9.22. The van der Waals surface area contributed by atoms with Crippen LogP contribution in [0.5, 0.6) is 0 Å². The molecule has 1 aromatic heterocycles. The number of aromatic nitrogens is 2. The molecule has 7 heteroatoms. The van der Waals surface area contributed by atoms with Crippen LogP contribution in [0.25, 0.3) is 0 Å². The maximum Gasteiger partial charge on any atom is 0.148 e.